The maximum absolute atomic E-state index is 2.61. The highest BCUT2D eigenvalue weighted by atomic mass is 14.5. The zero-order valence-corrected chi connectivity index (χ0v) is 13.9. The van der Waals surface area contributed by atoms with Gasteiger partial charge in [0.25, 0.3) is 0 Å². The fraction of sp³-hybridized carbons (Fsp3) is 1.00. The summed E-state index contributed by atoms with van der Waals surface area (Å²) in [5, 5.41) is 0. The molecule has 0 aliphatic heterocycles. The summed E-state index contributed by atoms with van der Waals surface area (Å²) in [6.07, 6.45) is 14.9. The second-order valence-corrected chi connectivity index (χ2v) is 8.10. The van der Waals surface area contributed by atoms with Gasteiger partial charge in [-0.3, -0.25) is 0 Å². The van der Waals surface area contributed by atoms with Gasteiger partial charge in [0.1, 0.15) is 0 Å². The molecule has 2 aliphatic rings. The summed E-state index contributed by atoms with van der Waals surface area (Å²) in [6, 6.07) is 0. The molecule has 0 nitrogen and oxygen atoms in total. The van der Waals surface area contributed by atoms with Crippen LogP contribution in [-0.2, 0) is 0 Å². The second-order valence-electron chi connectivity index (χ2n) is 8.10. The molecule has 0 amide bonds. The number of hydrogen-bond donors (Lipinski definition) is 0. The Morgan fingerprint density at radius 2 is 1.16 bits per heavy atom. The lowest BCUT2D eigenvalue weighted by Gasteiger charge is -2.47. The molecule has 0 radical (unpaired) electrons. The predicted molar refractivity (Wildman–Crippen MR) is 85.3 cm³/mol. The van der Waals surface area contributed by atoms with Crippen LogP contribution in [0, 0.1) is 29.1 Å². The molecule has 4 atom stereocenters. The van der Waals surface area contributed by atoms with E-state index in [9.17, 15) is 0 Å². The standard InChI is InChI=1S/C19H36/c1-5-15-9-7-11-17(13-15)19(3,4)18-12-8-10-16(6-2)14-18/h15-18H,5-14H2,1-4H3. The van der Waals surface area contributed by atoms with Gasteiger partial charge in [-0.25, -0.2) is 0 Å². The summed E-state index contributed by atoms with van der Waals surface area (Å²) in [5.74, 6) is 4.07. The van der Waals surface area contributed by atoms with Crippen molar-refractivity contribution in [3.05, 3.63) is 0 Å². The monoisotopic (exact) mass is 264 g/mol. The SMILES string of the molecule is CCC1CCCC(C(C)(C)C2CCCC(CC)C2)C1. The maximum Gasteiger partial charge on any atom is -0.0297 e. The summed E-state index contributed by atoms with van der Waals surface area (Å²) in [6.45, 7) is 10.0. The van der Waals surface area contributed by atoms with E-state index in [1.807, 2.05) is 0 Å². The Balaban J connectivity index is 1.99. The van der Waals surface area contributed by atoms with Crippen LogP contribution in [0.5, 0.6) is 0 Å². The van der Waals surface area contributed by atoms with Crippen molar-refractivity contribution >= 4 is 0 Å². The molecule has 0 aromatic rings. The molecule has 0 heterocycles. The first-order chi connectivity index (χ1) is 9.07. The van der Waals surface area contributed by atoms with Crippen molar-refractivity contribution in [1.29, 1.82) is 0 Å². The molecule has 0 N–H and O–H groups in total. The van der Waals surface area contributed by atoms with Gasteiger partial charge >= 0.3 is 0 Å². The normalized spacial score (nSPS) is 37.3. The fourth-order valence-electron chi connectivity index (χ4n) is 5.01. The Hall–Kier alpha value is 0. The molecule has 112 valence electrons. The topological polar surface area (TPSA) is 0 Å². The van der Waals surface area contributed by atoms with Gasteiger partial charge in [-0.1, -0.05) is 66.2 Å². The third-order valence-electron chi connectivity index (χ3n) is 6.82. The predicted octanol–water partition coefficient (Wildman–Crippen LogP) is 6.45. The first-order valence-corrected chi connectivity index (χ1v) is 9.07. The lowest BCUT2D eigenvalue weighted by atomic mass is 9.58. The highest BCUT2D eigenvalue weighted by molar-refractivity contribution is 4.91. The Morgan fingerprint density at radius 1 is 0.737 bits per heavy atom. The highest BCUT2D eigenvalue weighted by Gasteiger charge is 2.40. The molecule has 4 unspecified atom stereocenters. The summed E-state index contributed by atoms with van der Waals surface area (Å²) in [5.41, 5.74) is 0.599. The van der Waals surface area contributed by atoms with Gasteiger partial charge in [0, 0.05) is 0 Å². The minimum absolute atomic E-state index is 0.599. The van der Waals surface area contributed by atoms with E-state index in [0.717, 1.165) is 23.7 Å². The minimum atomic E-state index is 0.599. The van der Waals surface area contributed by atoms with E-state index in [2.05, 4.69) is 27.7 Å². The average Bonchev–Trinajstić information content (AvgIpc) is 2.47. The fourth-order valence-corrected chi connectivity index (χ4v) is 5.01. The summed E-state index contributed by atoms with van der Waals surface area (Å²) in [7, 11) is 0. The van der Waals surface area contributed by atoms with Gasteiger partial charge in [-0.05, 0) is 54.8 Å². The first kappa shape index (κ1) is 15.4. The molecular formula is C19H36. The Morgan fingerprint density at radius 3 is 1.53 bits per heavy atom. The summed E-state index contributed by atoms with van der Waals surface area (Å²) < 4.78 is 0. The number of hydrogen-bond acceptors (Lipinski definition) is 0. The quantitative estimate of drug-likeness (QED) is 0.547. The van der Waals surface area contributed by atoms with Crippen LogP contribution in [0.3, 0.4) is 0 Å². The summed E-state index contributed by atoms with van der Waals surface area (Å²) in [4.78, 5) is 0. The van der Waals surface area contributed by atoms with Crippen LogP contribution in [0.2, 0.25) is 0 Å². The minimum Gasteiger partial charge on any atom is -0.0651 e. The highest BCUT2D eigenvalue weighted by Crippen LogP contribution is 2.50. The lowest BCUT2D eigenvalue weighted by molar-refractivity contribution is 0.0290. The van der Waals surface area contributed by atoms with Crippen molar-refractivity contribution in [2.45, 2.75) is 91.9 Å². The van der Waals surface area contributed by atoms with E-state index in [1.165, 1.54) is 64.2 Å². The van der Waals surface area contributed by atoms with Crippen molar-refractivity contribution in [3.8, 4) is 0 Å². The zero-order chi connectivity index (χ0) is 13.9. The Bertz CT molecular complexity index is 239. The molecule has 2 fully saturated rings. The molecule has 2 aliphatic carbocycles. The van der Waals surface area contributed by atoms with E-state index in [1.54, 1.807) is 0 Å². The molecule has 2 rings (SSSR count). The van der Waals surface area contributed by atoms with Crippen molar-refractivity contribution in [1.82, 2.24) is 0 Å². The Kier molecular flexibility index (Phi) is 5.37. The van der Waals surface area contributed by atoms with Crippen molar-refractivity contribution < 1.29 is 0 Å². The molecule has 0 aromatic carbocycles. The van der Waals surface area contributed by atoms with Gasteiger partial charge < -0.3 is 0 Å². The van der Waals surface area contributed by atoms with Crippen LogP contribution in [0.15, 0.2) is 0 Å². The van der Waals surface area contributed by atoms with Gasteiger partial charge in [-0.2, -0.15) is 0 Å². The van der Waals surface area contributed by atoms with E-state index in [4.69, 9.17) is 0 Å². The maximum atomic E-state index is 2.61. The van der Waals surface area contributed by atoms with Crippen LogP contribution < -0.4 is 0 Å². The van der Waals surface area contributed by atoms with Crippen molar-refractivity contribution in [3.63, 3.8) is 0 Å². The van der Waals surface area contributed by atoms with Crippen LogP contribution in [0.25, 0.3) is 0 Å². The van der Waals surface area contributed by atoms with Gasteiger partial charge in [-0.15, -0.1) is 0 Å². The molecule has 19 heavy (non-hydrogen) atoms. The molecule has 0 bridgehead atoms. The van der Waals surface area contributed by atoms with Crippen LogP contribution >= 0.6 is 0 Å². The van der Waals surface area contributed by atoms with E-state index < -0.39 is 0 Å². The third-order valence-corrected chi connectivity index (χ3v) is 6.82. The average molecular weight is 264 g/mol. The van der Waals surface area contributed by atoms with Gasteiger partial charge in [0.2, 0.25) is 0 Å². The largest absolute Gasteiger partial charge is 0.0651 e. The van der Waals surface area contributed by atoms with Crippen LogP contribution in [0.4, 0.5) is 0 Å². The first-order valence-electron chi connectivity index (χ1n) is 9.07. The molecule has 0 heteroatoms. The van der Waals surface area contributed by atoms with Gasteiger partial charge in [0.15, 0.2) is 0 Å². The van der Waals surface area contributed by atoms with Crippen molar-refractivity contribution in [2.24, 2.45) is 29.1 Å². The van der Waals surface area contributed by atoms with Crippen LogP contribution in [-0.4, -0.2) is 0 Å². The van der Waals surface area contributed by atoms with E-state index >= 15 is 0 Å². The zero-order valence-electron chi connectivity index (χ0n) is 13.9. The van der Waals surface area contributed by atoms with E-state index in [0.29, 0.717) is 5.41 Å². The lowest BCUT2D eigenvalue weighted by Crippen LogP contribution is -2.38. The second kappa shape index (κ2) is 6.64. The smallest absolute Gasteiger partial charge is 0.0297 e. The van der Waals surface area contributed by atoms with Gasteiger partial charge in [0.05, 0.1) is 0 Å². The Labute approximate surface area is 121 Å². The van der Waals surface area contributed by atoms with E-state index in [-0.39, 0.29) is 0 Å². The number of rotatable bonds is 4. The molecule has 0 saturated heterocycles. The third kappa shape index (κ3) is 3.56. The molecular weight excluding hydrogens is 228 g/mol. The summed E-state index contributed by atoms with van der Waals surface area (Å²) >= 11 is 0. The van der Waals surface area contributed by atoms with Crippen LogP contribution in [0.1, 0.15) is 91.9 Å². The molecule has 2 saturated carbocycles. The molecule has 0 aromatic heterocycles. The van der Waals surface area contributed by atoms with Crippen molar-refractivity contribution in [2.75, 3.05) is 0 Å². The molecule has 0 spiro atoms.